The van der Waals surface area contributed by atoms with E-state index in [-0.39, 0.29) is 17.0 Å². The highest BCUT2D eigenvalue weighted by molar-refractivity contribution is 7.69. The van der Waals surface area contributed by atoms with Crippen LogP contribution in [0.4, 0.5) is 5.82 Å². The van der Waals surface area contributed by atoms with Gasteiger partial charge < -0.3 is 20.7 Å². The van der Waals surface area contributed by atoms with Gasteiger partial charge in [-0.1, -0.05) is 4.09 Å². The fraction of sp³-hybridized carbons (Fsp3) is 0.500. The monoisotopic (exact) mass is 506 g/mol. The van der Waals surface area contributed by atoms with E-state index in [1.54, 1.807) is 0 Å². The first-order chi connectivity index (χ1) is 14.3. The van der Waals surface area contributed by atoms with Crippen molar-refractivity contribution in [2.24, 2.45) is 0 Å². The molecule has 2 aromatic rings. The molecule has 31 heavy (non-hydrogen) atoms. The predicted molar refractivity (Wildman–Crippen MR) is 94.3 cm³/mol. The summed E-state index contributed by atoms with van der Waals surface area (Å²) in [4.78, 5) is 40.0. The quantitative estimate of drug-likeness (QED) is 0.159. The molecule has 0 aliphatic carbocycles. The van der Waals surface area contributed by atoms with Crippen molar-refractivity contribution in [1.29, 1.82) is 0 Å². The maximum atomic E-state index is 12.2. The molecule has 2 aliphatic rings. The van der Waals surface area contributed by atoms with Crippen molar-refractivity contribution in [2.75, 3.05) is 12.3 Å². The number of hydrogen-bond donors (Lipinski definition) is 6. The number of aliphatic hydroxyl groups excluding tert-OH is 2. The van der Waals surface area contributed by atoms with Crippen LogP contribution < -0.4 is 5.73 Å². The van der Waals surface area contributed by atoms with Crippen LogP contribution in [0.2, 0.25) is 0 Å². The molecule has 7 atom stereocenters. The zero-order valence-electron chi connectivity index (χ0n) is 14.9. The van der Waals surface area contributed by atoms with E-state index in [2.05, 4.69) is 28.5 Å². The third-order valence-corrected chi connectivity index (χ3v) is 9.04. The lowest BCUT2D eigenvalue weighted by molar-refractivity contribution is -0.212. The summed E-state index contributed by atoms with van der Waals surface area (Å²) in [5.74, 6) is 0.0531. The van der Waals surface area contributed by atoms with Gasteiger partial charge in [-0.15, -0.1) is 4.31 Å². The van der Waals surface area contributed by atoms with E-state index >= 15 is 0 Å². The number of ether oxygens (including phenoxy) is 1. The van der Waals surface area contributed by atoms with Gasteiger partial charge in [0.15, 0.2) is 17.7 Å². The second kappa shape index (κ2) is 7.60. The summed E-state index contributed by atoms with van der Waals surface area (Å²) in [6, 6.07) is 0. The van der Waals surface area contributed by atoms with E-state index in [0.717, 1.165) is 6.33 Å². The number of nitrogen functional groups attached to an aromatic ring is 1. The Morgan fingerprint density at radius 2 is 1.97 bits per heavy atom. The van der Waals surface area contributed by atoms with E-state index < -0.39 is 54.6 Å². The van der Waals surface area contributed by atoms with E-state index in [1.807, 2.05) is 0 Å². The summed E-state index contributed by atoms with van der Waals surface area (Å²) >= 11 is 0. The number of hydrogen-bond acceptors (Lipinski definition) is 13. The number of aromatic nitrogens is 4. The largest absolute Gasteiger partial charge is 0.689 e. The Labute approximate surface area is 171 Å². The van der Waals surface area contributed by atoms with Crippen LogP contribution in [0.15, 0.2) is 12.7 Å². The molecule has 0 bridgehead atoms. The zero-order chi connectivity index (χ0) is 22.8. The molecule has 2 aromatic heterocycles. The molecule has 0 saturated carbocycles. The number of nitrogens with two attached hydrogens (primary N) is 1. The smallest absolute Gasteiger partial charge is 0.387 e. The Morgan fingerprint density at radius 1 is 1.26 bits per heavy atom. The Balaban J connectivity index is 1.50. The average Bonchev–Trinajstić information content (AvgIpc) is 3.27. The minimum Gasteiger partial charge on any atom is -0.387 e. The molecule has 2 saturated heterocycles. The molecule has 4 rings (SSSR count). The van der Waals surface area contributed by atoms with Crippen LogP contribution in [0, 0.1) is 0 Å². The van der Waals surface area contributed by atoms with E-state index in [9.17, 15) is 33.7 Å². The topological polar surface area (TPSA) is 262 Å². The van der Waals surface area contributed by atoms with Gasteiger partial charge in [0, 0.05) is 4.67 Å². The highest BCUT2D eigenvalue weighted by Crippen LogP contribution is 2.82. The first kappa shape index (κ1) is 22.8. The number of nitrogens with zero attached hydrogens (tertiary/aromatic N) is 4. The Bertz CT molecular complexity index is 1160. The summed E-state index contributed by atoms with van der Waals surface area (Å²) in [5.41, 5.74) is 6.04. The van der Waals surface area contributed by atoms with Crippen molar-refractivity contribution in [3.05, 3.63) is 12.7 Å². The third-order valence-electron chi connectivity index (χ3n) is 4.16. The second-order valence-electron chi connectivity index (χ2n) is 6.22. The van der Waals surface area contributed by atoms with Crippen LogP contribution in [0.25, 0.3) is 11.2 Å². The first-order valence-corrected chi connectivity index (χ1v) is 12.6. The van der Waals surface area contributed by atoms with Crippen LogP contribution in [0.5, 0.6) is 0 Å². The Kier molecular flexibility index (Phi) is 5.60. The van der Waals surface area contributed by atoms with Crippen LogP contribution >= 0.6 is 23.5 Å². The molecule has 0 amide bonds. The number of imidazole rings is 1. The lowest BCUT2D eigenvalue weighted by Gasteiger charge is -2.17. The molecule has 0 radical (unpaired) electrons. The third kappa shape index (κ3) is 4.07. The maximum absolute atomic E-state index is 12.2. The molecular formula is C10H15N5O13P3+. The second-order valence-corrected chi connectivity index (χ2v) is 11.0. The van der Waals surface area contributed by atoms with E-state index in [0.29, 0.717) is 4.09 Å². The summed E-state index contributed by atoms with van der Waals surface area (Å²) in [6.45, 7) is -0.936. The fourth-order valence-corrected chi connectivity index (χ4v) is 7.44. The van der Waals surface area contributed by atoms with E-state index in [4.69, 9.17) is 15.4 Å². The molecule has 0 aromatic carbocycles. The highest BCUT2D eigenvalue weighted by Gasteiger charge is 2.70. The van der Waals surface area contributed by atoms with Crippen LogP contribution in [0.3, 0.4) is 0 Å². The molecule has 4 heterocycles. The van der Waals surface area contributed by atoms with Gasteiger partial charge in [0.25, 0.3) is 0 Å². The van der Waals surface area contributed by atoms with Gasteiger partial charge in [-0.25, -0.2) is 24.0 Å². The van der Waals surface area contributed by atoms with Crippen LogP contribution in [0.1, 0.15) is 6.23 Å². The summed E-state index contributed by atoms with van der Waals surface area (Å²) in [5, 5.41) is 20.5. The molecule has 172 valence electrons. The SMILES string of the molecule is Nc1ncnc2c1ncn2[C@@H]1O[C@H](COP(=O)(O)[O+]2OP(=O)(O)OP2(=O)O)[C@@H](O)[C@H]1O. The molecule has 21 heteroatoms. The number of aliphatic hydroxyl groups is 2. The Hall–Kier alpha value is -1.36. The standard InChI is InChI=1S/C10H14N5O13P3/c11-8-5-9(13-2-12-8)15(3-14-5)10-7(17)6(16)4(25-10)1-24-30(20,21)28-26-29(18,19)27-31(28,22)23/h2-4,6-7,10,16-17H,1H2,(H4-,11,12,13,18,19,20,21,22,23)/p+1/t4-,6-,7-,10-/m1/s1. The van der Waals surface area contributed by atoms with Crippen molar-refractivity contribution in [3.8, 4) is 0 Å². The van der Waals surface area contributed by atoms with Crippen LogP contribution in [-0.2, 0) is 36.0 Å². The Morgan fingerprint density at radius 3 is 2.61 bits per heavy atom. The molecule has 18 nitrogen and oxygen atoms in total. The minimum atomic E-state index is -5.44. The number of rotatable bonds is 5. The highest BCUT2D eigenvalue weighted by atomic mass is 31.3. The van der Waals surface area contributed by atoms with E-state index in [1.165, 1.54) is 10.9 Å². The van der Waals surface area contributed by atoms with Crippen molar-refractivity contribution in [1.82, 2.24) is 19.5 Å². The van der Waals surface area contributed by atoms with Crippen molar-refractivity contribution < 1.29 is 60.9 Å². The summed E-state index contributed by atoms with van der Waals surface area (Å²) in [7, 11) is -16.0. The van der Waals surface area contributed by atoms with Gasteiger partial charge in [-0.05, 0) is 0 Å². The molecule has 0 spiro atoms. The van der Waals surface area contributed by atoms with Gasteiger partial charge in [-0.3, -0.25) is 19.2 Å². The van der Waals surface area contributed by atoms with Gasteiger partial charge >= 0.3 is 23.5 Å². The zero-order valence-corrected chi connectivity index (χ0v) is 17.6. The average molecular weight is 506 g/mol. The van der Waals surface area contributed by atoms with Gasteiger partial charge in [0.1, 0.15) is 30.2 Å². The number of fused-ring (bicyclic) bond motifs is 1. The summed E-state index contributed by atoms with van der Waals surface area (Å²) in [6.07, 6.45) is -3.61. The van der Waals surface area contributed by atoms with Gasteiger partial charge in [0.2, 0.25) is 0 Å². The fourth-order valence-electron chi connectivity index (χ4n) is 2.84. The first-order valence-electron chi connectivity index (χ1n) is 8.07. The molecule has 3 unspecified atom stereocenters. The molecule has 2 fully saturated rings. The van der Waals surface area contributed by atoms with Gasteiger partial charge in [0.05, 0.1) is 12.9 Å². The van der Waals surface area contributed by atoms with Crippen molar-refractivity contribution in [3.63, 3.8) is 0 Å². The summed E-state index contributed by atoms with van der Waals surface area (Å²) < 4.78 is 54.5. The predicted octanol–water partition coefficient (Wildman–Crippen LogP) is -1.14. The minimum absolute atomic E-state index is 0.0531. The molecule has 2 aliphatic heterocycles. The van der Waals surface area contributed by atoms with Gasteiger partial charge in [-0.2, -0.15) is 9.13 Å². The number of anilines is 1. The van der Waals surface area contributed by atoms with Crippen molar-refractivity contribution in [2.45, 2.75) is 24.5 Å². The normalized spacial score (nSPS) is 38.6. The maximum Gasteiger partial charge on any atom is 0.689 e. The molecule has 7 N–H and O–H groups in total. The van der Waals surface area contributed by atoms with Crippen molar-refractivity contribution >= 4 is 40.4 Å². The lowest BCUT2D eigenvalue weighted by Crippen LogP contribution is -2.33. The van der Waals surface area contributed by atoms with Crippen LogP contribution in [-0.4, -0.2) is 69.3 Å². The molecular weight excluding hydrogens is 491 g/mol. The lowest BCUT2D eigenvalue weighted by atomic mass is 10.1. The number of phosphoric acid groups is 1.